The van der Waals surface area contributed by atoms with Crippen molar-refractivity contribution in [2.75, 3.05) is 0 Å². The van der Waals surface area contributed by atoms with Crippen molar-refractivity contribution in [3.05, 3.63) is 65.0 Å². The van der Waals surface area contributed by atoms with Crippen molar-refractivity contribution in [2.45, 2.75) is 19.6 Å². The molecule has 5 heteroatoms. The molecule has 0 bridgehead atoms. The van der Waals surface area contributed by atoms with Gasteiger partial charge in [-0.1, -0.05) is 18.2 Å². The molecule has 0 radical (unpaired) electrons. The molecule has 0 unspecified atom stereocenters. The maximum atomic E-state index is 13.7. The third kappa shape index (κ3) is 3.79. The first-order valence-electron chi connectivity index (χ1n) is 6.47. The number of halogens is 1. The summed E-state index contributed by atoms with van der Waals surface area (Å²) in [5, 5.41) is 8.80. The van der Waals surface area contributed by atoms with E-state index in [1.54, 1.807) is 31.2 Å². The fourth-order valence-electron chi connectivity index (χ4n) is 1.88. The molecule has 110 valence electrons. The van der Waals surface area contributed by atoms with Crippen LogP contribution in [0, 0.1) is 5.82 Å². The maximum absolute atomic E-state index is 13.7. The van der Waals surface area contributed by atoms with Crippen LogP contribution in [0.1, 0.15) is 34.5 Å². The second-order valence-corrected chi connectivity index (χ2v) is 4.76. The van der Waals surface area contributed by atoms with Gasteiger partial charge in [-0.2, -0.15) is 0 Å². The fourth-order valence-corrected chi connectivity index (χ4v) is 1.88. The number of carbonyl (C=O) groups is 1. The topological polar surface area (TPSA) is 72.5 Å². The third-order valence-corrected chi connectivity index (χ3v) is 3.07. The van der Waals surface area contributed by atoms with Gasteiger partial charge in [-0.25, -0.2) is 9.18 Å². The number of carboxylic acid groups (broad SMARTS) is 1. The van der Waals surface area contributed by atoms with E-state index in [1.807, 2.05) is 0 Å². The Morgan fingerprint density at radius 2 is 1.95 bits per heavy atom. The molecule has 0 aromatic heterocycles. The smallest absolute Gasteiger partial charge is 0.335 e. The molecular formula is C16H16FNO3. The first-order valence-corrected chi connectivity index (χ1v) is 6.47. The predicted molar refractivity (Wildman–Crippen MR) is 76.7 cm³/mol. The van der Waals surface area contributed by atoms with E-state index in [4.69, 9.17) is 15.6 Å². The summed E-state index contributed by atoms with van der Waals surface area (Å²) < 4.78 is 19.2. The van der Waals surface area contributed by atoms with Crippen LogP contribution in [0.2, 0.25) is 0 Å². The lowest BCUT2D eigenvalue weighted by Gasteiger charge is -2.10. The highest BCUT2D eigenvalue weighted by Gasteiger charge is 2.08. The molecule has 1 atom stereocenters. The first-order chi connectivity index (χ1) is 9.97. The minimum absolute atomic E-state index is 0.214. The Balaban J connectivity index is 2.02. The highest BCUT2D eigenvalue weighted by Crippen LogP contribution is 2.21. The molecular weight excluding hydrogens is 273 g/mol. The van der Waals surface area contributed by atoms with Crippen molar-refractivity contribution in [1.29, 1.82) is 0 Å². The van der Waals surface area contributed by atoms with Crippen LogP contribution in [0.15, 0.2) is 42.5 Å². The monoisotopic (exact) mass is 289 g/mol. The summed E-state index contributed by atoms with van der Waals surface area (Å²) in [6.45, 7) is 1.94. The van der Waals surface area contributed by atoms with Gasteiger partial charge in [-0.05, 0) is 30.7 Å². The number of benzene rings is 2. The molecule has 0 heterocycles. The highest BCUT2D eigenvalue weighted by molar-refractivity contribution is 5.87. The van der Waals surface area contributed by atoms with Crippen LogP contribution in [-0.2, 0) is 6.61 Å². The van der Waals surface area contributed by atoms with Gasteiger partial charge in [0.15, 0.2) is 0 Å². The molecule has 0 saturated carbocycles. The lowest BCUT2D eigenvalue weighted by molar-refractivity contribution is 0.0697. The summed E-state index contributed by atoms with van der Waals surface area (Å²) >= 11 is 0. The van der Waals surface area contributed by atoms with Gasteiger partial charge < -0.3 is 15.6 Å². The van der Waals surface area contributed by atoms with Crippen molar-refractivity contribution in [2.24, 2.45) is 5.73 Å². The van der Waals surface area contributed by atoms with Crippen molar-refractivity contribution >= 4 is 5.97 Å². The van der Waals surface area contributed by atoms with E-state index in [0.29, 0.717) is 11.3 Å². The summed E-state index contributed by atoms with van der Waals surface area (Å²) in [5.74, 6) is -0.973. The van der Waals surface area contributed by atoms with Gasteiger partial charge in [0.25, 0.3) is 0 Å². The number of carboxylic acids is 1. The molecule has 0 aliphatic rings. The Kier molecular flexibility index (Phi) is 4.55. The van der Waals surface area contributed by atoms with E-state index in [2.05, 4.69) is 0 Å². The van der Waals surface area contributed by atoms with Gasteiger partial charge in [0, 0.05) is 17.7 Å². The van der Waals surface area contributed by atoms with E-state index in [1.165, 1.54) is 18.2 Å². The van der Waals surface area contributed by atoms with E-state index in [-0.39, 0.29) is 18.2 Å². The summed E-state index contributed by atoms with van der Waals surface area (Å²) in [6, 6.07) is 10.5. The zero-order valence-corrected chi connectivity index (χ0v) is 11.5. The number of hydrogen-bond acceptors (Lipinski definition) is 3. The molecule has 0 amide bonds. The van der Waals surface area contributed by atoms with Crippen LogP contribution in [0.3, 0.4) is 0 Å². The minimum Gasteiger partial charge on any atom is -0.489 e. The average Bonchev–Trinajstić information content (AvgIpc) is 2.45. The average molecular weight is 289 g/mol. The standard InChI is InChI=1S/C16H16FNO3/c1-10(18)14-7-6-13(8-15(14)17)21-9-11-2-4-12(5-3-11)16(19)20/h2-8,10H,9,18H2,1H3,(H,19,20)/t10-/m1/s1. The minimum atomic E-state index is -0.976. The molecule has 2 aromatic carbocycles. The van der Waals surface area contributed by atoms with Gasteiger partial charge in [0.1, 0.15) is 18.2 Å². The summed E-state index contributed by atoms with van der Waals surface area (Å²) in [7, 11) is 0. The normalized spacial score (nSPS) is 12.0. The molecule has 2 rings (SSSR count). The molecule has 0 aliphatic carbocycles. The molecule has 0 spiro atoms. The second-order valence-electron chi connectivity index (χ2n) is 4.76. The number of ether oxygens (including phenoxy) is 1. The van der Waals surface area contributed by atoms with E-state index in [0.717, 1.165) is 5.56 Å². The Bertz CT molecular complexity index is 638. The van der Waals surface area contributed by atoms with E-state index >= 15 is 0 Å². The van der Waals surface area contributed by atoms with Crippen molar-refractivity contribution in [3.63, 3.8) is 0 Å². The highest BCUT2D eigenvalue weighted by atomic mass is 19.1. The van der Waals surface area contributed by atoms with Crippen molar-refractivity contribution < 1.29 is 19.0 Å². The van der Waals surface area contributed by atoms with Gasteiger partial charge in [0.05, 0.1) is 5.56 Å². The predicted octanol–water partition coefficient (Wildman–Crippen LogP) is 3.12. The van der Waals surface area contributed by atoms with Crippen LogP contribution >= 0.6 is 0 Å². The fraction of sp³-hybridized carbons (Fsp3) is 0.188. The first kappa shape index (κ1) is 15.0. The van der Waals surface area contributed by atoms with E-state index < -0.39 is 11.8 Å². The molecule has 0 fully saturated rings. The van der Waals surface area contributed by atoms with Crippen molar-refractivity contribution in [3.8, 4) is 5.75 Å². The van der Waals surface area contributed by atoms with Gasteiger partial charge in [-0.15, -0.1) is 0 Å². The molecule has 21 heavy (non-hydrogen) atoms. The Morgan fingerprint density at radius 3 is 2.48 bits per heavy atom. The van der Waals surface area contributed by atoms with Crippen LogP contribution in [0.5, 0.6) is 5.75 Å². The quantitative estimate of drug-likeness (QED) is 0.887. The number of rotatable bonds is 5. The largest absolute Gasteiger partial charge is 0.489 e. The van der Waals surface area contributed by atoms with Gasteiger partial charge in [0.2, 0.25) is 0 Å². The molecule has 3 N–H and O–H groups in total. The molecule has 0 aliphatic heterocycles. The molecule has 0 saturated heterocycles. The van der Waals surface area contributed by atoms with Crippen LogP contribution in [-0.4, -0.2) is 11.1 Å². The van der Waals surface area contributed by atoms with Crippen LogP contribution in [0.4, 0.5) is 4.39 Å². The second kappa shape index (κ2) is 6.37. The van der Waals surface area contributed by atoms with E-state index in [9.17, 15) is 9.18 Å². The van der Waals surface area contributed by atoms with Crippen LogP contribution in [0.25, 0.3) is 0 Å². The molecule has 4 nitrogen and oxygen atoms in total. The lowest BCUT2D eigenvalue weighted by atomic mass is 10.1. The summed E-state index contributed by atoms with van der Waals surface area (Å²) in [5.41, 5.74) is 7.09. The zero-order chi connectivity index (χ0) is 15.4. The SMILES string of the molecule is C[C@@H](N)c1ccc(OCc2ccc(C(=O)O)cc2)cc1F. The van der Waals surface area contributed by atoms with Gasteiger partial charge >= 0.3 is 5.97 Å². The van der Waals surface area contributed by atoms with Crippen LogP contribution < -0.4 is 10.5 Å². The Morgan fingerprint density at radius 1 is 1.29 bits per heavy atom. The number of hydrogen-bond donors (Lipinski definition) is 2. The Hall–Kier alpha value is -2.40. The Labute approximate surface area is 122 Å². The number of aromatic carboxylic acids is 1. The van der Waals surface area contributed by atoms with Crippen molar-refractivity contribution in [1.82, 2.24) is 0 Å². The third-order valence-electron chi connectivity index (χ3n) is 3.07. The number of nitrogens with two attached hydrogens (primary N) is 1. The molecule has 2 aromatic rings. The lowest BCUT2D eigenvalue weighted by Crippen LogP contribution is -2.07. The summed E-state index contributed by atoms with van der Waals surface area (Å²) in [4.78, 5) is 10.7. The zero-order valence-electron chi connectivity index (χ0n) is 11.5. The summed E-state index contributed by atoms with van der Waals surface area (Å²) in [6.07, 6.45) is 0. The van der Waals surface area contributed by atoms with Gasteiger partial charge in [-0.3, -0.25) is 0 Å². The maximum Gasteiger partial charge on any atom is 0.335 e.